The molecule has 3 rings (SSSR count). The van der Waals surface area contributed by atoms with E-state index in [0.717, 1.165) is 9.21 Å². The van der Waals surface area contributed by atoms with Crippen LogP contribution in [0.1, 0.15) is 12.5 Å². The lowest BCUT2D eigenvalue weighted by Gasteiger charge is -2.32. The number of hydrogen-bond acceptors (Lipinski definition) is 4. The van der Waals surface area contributed by atoms with E-state index in [4.69, 9.17) is 23.2 Å². The number of nitrogens with zero attached hydrogens (tertiary/aromatic N) is 2. The third kappa shape index (κ3) is 6.34. The summed E-state index contributed by atoms with van der Waals surface area (Å²) < 4.78 is 42.5. The molecule has 0 radical (unpaired) electrons. The average Bonchev–Trinajstić information content (AvgIpc) is 2.85. The Bertz CT molecular complexity index is 1340. The van der Waals surface area contributed by atoms with Crippen molar-refractivity contribution in [2.45, 2.75) is 24.4 Å². The Morgan fingerprint density at radius 2 is 1.56 bits per heavy atom. The van der Waals surface area contributed by atoms with Crippen LogP contribution in [0.4, 0.5) is 10.1 Å². The molecule has 0 unspecified atom stereocenters. The molecule has 0 bridgehead atoms. The van der Waals surface area contributed by atoms with Gasteiger partial charge in [-0.05, 0) is 43.3 Å². The molecule has 3 aromatic rings. The first kappa shape index (κ1) is 27.4. The van der Waals surface area contributed by atoms with Gasteiger partial charge in [0, 0.05) is 29.2 Å². The fraction of sp³-hybridized carbons (Fsp3) is 0.200. The van der Waals surface area contributed by atoms with Crippen LogP contribution in [0, 0.1) is 5.82 Å². The molecule has 190 valence electrons. The number of nitrogens with one attached hydrogen (secondary N) is 1. The molecule has 0 fully saturated rings. The molecular weight excluding hydrogens is 528 g/mol. The summed E-state index contributed by atoms with van der Waals surface area (Å²) in [6.07, 6.45) is 0. The topological polar surface area (TPSA) is 86.8 Å². The van der Waals surface area contributed by atoms with Gasteiger partial charge in [0.2, 0.25) is 11.8 Å². The maximum atomic E-state index is 14.4. The van der Waals surface area contributed by atoms with Crippen molar-refractivity contribution in [1.82, 2.24) is 10.2 Å². The summed E-state index contributed by atoms with van der Waals surface area (Å²) in [5, 5.41) is 2.80. The molecule has 0 aromatic heterocycles. The van der Waals surface area contributed by atoms with E-state index in [9.17, 15) is 22.4 Å². The predicted octanol–water partition coefficient (Wildman–Crippen LogP) is 4.49. The quantitative estimate of drug-likeness (QED) is 0.424. The van der Waals surface area contributed by atoms with Crippen molar-refractivity contribution in [2.75, 3.05) is 17.9 Å². The molecule has 11 heteroatoms. The first-order valence-electron chi connectivity index (χ1n) is 10.8. The van der Waals surface area contributed by atoms with Gasteiger partial charge in [0.25, 0.3) is 10.0 Å². The predicted molar refractivity (Wildman–Crippen MR) is 138 cm³/mol. The lowest BCUT2D eigenvalue weighted by molar-refractivity contribution is -0.139. The summed E-state index contributed by atoms with van der Waals surface area (Å²) in [5.74, 6) is -1.79. The van der Waals surface area contributed by atoms with Crippen LogP contribution in [0.2, 0.25) is 10.0 Å². The molecule has 1 atom stereocenters. The number of sulfonamides is 1. The van der Waals surface area contributed by atoms with Gasteiger partial charge in [-0.25, -0.2) is 12.8 Å². The zero-order chi connectivity index (χ0) is 26.5. The summed E-state index contributed by atoms with van der Waals surface area (Å²) in [7, 11) is -2.85. The Labute approximate surface area is 219 Å². The highest BCUT2D eigenvalue weighted by Crippen LogP contribution is 2.30. The van der Waals surface area contributed by atoms with Crippen LogP contribution in [-0.4, -0.2) is 44.8 Å². The highest BCUT2D eigenvalue weighted by Gasteiger charge is 2.32. The van der Waals surface area contributed by atoms with Gasteiger partial charge in [0.1, 0.15) is 18.4 Å². The molecule has 3 aromatic carbocycles. The van der Waals surface area contributed by atoms with E-state index in [-0.39, 0.29) is 32.7 Å². The van der Waals surface area contributed by atoms with Crippen LogP contribution in [0.5, 0.6) is 0 Å². The first-order chi connectivity index (χ1) is 17.0. The first-order valence-corrected chi connectivity index (χ1v) is 13.0. The van der Waals surface area contributed by atoms with Gasteiger partial charge in [0.15, 0.2) is 0 Å². The number of rotatable bonds is 9. The zero-order valence-electron chi connectivity index (χ0n) is 19.5. The van der Waals surface area contributed by atoms with Crippen molar-refractivity contribution in [3.63, 3.8) is 0 Å². The molecule has 36 heavy (non-hydrogen) atoms. The van der Waals surface area contributed by atoms with Gasteiger partial charge >= 0.3 is 0 Å². The minimum Gasteiger partial charge on any atom is -0.357 e. The zero-order valence-corrected chi connectivity index (χ0v) is 21.8. The van der Waals surface area contributed by atoms with Crippen molar-refractivity contribution >= 4 is 50.7 Å². The third-order valence-corrected chi connectivity index (χ3v) is 7.68. The minimum atomic E-state index is -4.25. The maximum absolute atomic E-state index is 14.4. The Balaban J connectivity index is 2.07. The molecule has 0 saturated heterocycles. The second kappa shape index (κ2) is 11.7. The smallest absolute Gasteiger partial charge is 0.264 e. The molecule has 0 spiro atoms. The Morgan fingerprint density at radius 3 is 2.14 bits per heavy atom. The summed E-state index contributed by atoms with van der Waals surface area (Å²) >= 11 is 12.3. The van der Waals surface area contributed by atoms with E-state index >= 15 is 0 Å². The standard InChI is InChI=1S/C25H24Cl2FN3O4S/c1-17(25(33)29-2)30(15-18-8-6-7-11-23(18)28)24(32)16-31(21-13-19(26)12-20(27)14-21)36(34,35)22-9-4-3-5-10-22/h3-14,17H,15-16H2,1-2H3,(H,29,33)/t17-/m1/s1. The number of anilines is 1. The molecular formula is C25H24Cl2FN3O4S. The number of hydrogen-bond donors (Lipinski definition) is 1. The molecule has 1 N–H and O–H groups in total. The van der Waals surface area contributed by atoms with Crippen molar-refractivity contribution in [2.24, 2.45) is 0 Å². The molecule has 0 aliphatic carbocycles. The summed E-state index contributed by atoms with van der Waals surface area (Å²) in [5.41, 5.74) is 0.230. The molecule has 7 nitrogen and oxygen atoms in total. The van der Waals surface area contributed by atoms with E-state index in [1.807, 2.05) is 0 Å². The van der Waals surface area contributed by atoms with E-state index in [0.29, 0.717) is 0 Å². The second-order valence-electron chi connectivity index (χ2n) is 7.86. The van der Waals surface area contributed by atoms with Crippen LogP contribution in [0.15, 0.2) is 77.7 Å². The third-order valence-electron chi connectivity index (χ3n) is 5.46. The van der Waals surface area contributed by atoms with E-state index < -0.39 is 40.2 Å². The van der Waals surface area contributed by atoms with Crippen LogP contribution in [0.3, 0.4) is 0 Å². The summed E-state index contributed by atoms with van der Waals surface area (Å²) in [6.45, 7) is 0.531. The van der Waals surface area contributed by atoms with Gasteiger partial charge in [0.05, 0.1) is 10.6 Å². The number of benzene rings is 3. The summed E-state index contributed by atoms with van der Waals surface area (Å²) in [6, 6.07) is 16.5. The van der Waals surface area contributed by atoms with E-state index in [1.54, 1.807) is 24.3 Å². The lowest BCUT2D eigenvalue weighted by Crippen LogP contribution is -2.50. The van der Waals surface area contributed by atoms with Crippen molar-refractivity contribution < 1.29 is 22.4 Å². The Kier molecular flexibility index (Phi) is 8.94. The second-order valence-corrected chi connectivity index (χ2v) is 10.6. The van der Waals surface area contributed by atoms with E-state index in [1.165, 1.54) is 62.5 Å². The lowest BCUT2D eigenvalue weighted by atomic mass is 10.1. The number of carbonyl (C=O) groups excluding carboxylic acids is 2. The number of amides is 2. The van der Waals surface area contributed by atoms with Crippen LogP contribution >= 0.6 is 23.2 Å². The maximum Gasteiger partial charge on any atom is 0.264 e. The fourth-order valence-electron chi connectivity index (χ4n) is 3.53. The highest BCUT2D eigenvalue weighted by atomic mass is 35.5. The van der Waals surface area contributed by atoms with Gasteiger partial charge in [-0.1, -0.05) is 59.6 Å². The van der Waals surface area contributed by atoms with Gasteiger partial charge in [-0.2, -0.15) is 0 Å². The molecule has 0 saturated carbocycles. The summed E-state index contributed by atoms with van der Waals surface area (Å²) in [4.78, 5) is 27.1. The molecule has 0 aliphatic rings. The largest absolute Gasteiger partial charge is 0.357 e. The number of likely N-dealkylation sites (N-methyl/N-ethyl adjacent to an activating group) is 1. The highest BCUT2D eigenvalue weighted by molar-refractivity contribution is 7.92. The normalized spacial score (nSPS) is 12.0. The van der Waals surface area contributed by atoms with Crippen molar-refractivity contribution in [3.8, 4) is 0 Å². The fourth-order valence-corrected chi connectivity index (χ4v) is 5.47. The van der Waals surface area contributed by atoms with Crippen LogP contribution < -0.4 is 9.62 Å². The number of carbonyl (C=O) groups is 2. The molecule has 2 amide bonds. The monoisotopic (exact) mass is 551 g/mol. The minimum absolute atomic E-state index is 0.0585. The van der Waals surface area contributed by atoms with E-state index in [2.05, 4.69) is 5.32 Å². The van der Waals surface area contributed by atoms with Crippen molar-refractivity contribution in [1.29, 1.82) is 0 Å². The van der Waals surface area contributed by atoms with Crippen molar-refractivity contribution in [3.05, 3.63) is 94.2 Å². The van der Waals surface area contributed by atoms with Gasteiger partial charge < -0.3 is 10.2 Å². The van der Waals surface area contributed by atoms with Crippen LogP contribution in [-0.2, 0) is 26.2 Å². The number of halogens is 3. The average molecular weight is 552 g/mol. The SMILES string of the molecule is CNC(=O)[C@@H](C)N(Cc1ccccc1F)C(=O)CN(c1cc(Cl)cc(Cl)c1)S(=O)(=O)c1ccccc1. The van der Waals surface area contributed by atoms with Gasteiger partial charge in [-0.3, -0.25) is 13.9 Å². The van der Waals surface area contributed by atoms with Crippen LogP contribution in [0.25, 0.3) is 0 Å². The Morgan fingerprint density at radius 1 is 0.972 bits per heavy atom. The molecule has 0 aliphatic heterocycles. The molecule has 0 heterocycles. The van der Waals surface area contributed by atoms with Gasteiger partial charge in [-0.15, -0.1) is 0 Å². The Hall–Kier alpha value is -3.14.